The van der Waals surface area contributed by atoms with Crippen LogP contribution in [-0.2, 0) is 13.6 Å². The number of nitrogen functional groups attached to an aromatic ring is 1. The highest BCUT2D eigenvalue weighted by Crippen LogP contribution is 2.35. The maximum Gasteiger partial charge on any atom is 0.131 e. The van der Waals surface area contributed by atoms with Crippen molar-refractivity contribution in [3.8, 4) is 11.3 Å². The van der Waals surface area contributed by atoms with Crippen LogP contribution in [0.1, 0.15) is 37.2 Å². The van der Waals surface area contributed by atoms with Crippen molar-refractivity contribution >= 4 is 5.82 Å². The van der Waals surface area contributed by atoms with E-state index in [1.807, 2.05) is 24.9 Å². The van der Waals surface area contributed by atoms with Gasteiger partial charge in [0.15, 0.2) is 0 Å². The van der Waals surface area contributed by atoms with Crippen molar-refractivity contribution in [1.29, 1.82) is 0 Å². The zero-order valence-corrected chi connectivity index (χ0v) is 11.1. The molecule has 5 heteroatoms. The Labute approximate surface area is 107 Å². The van der Waals surface area contributed by atoms with Crippen LogP contribution in [0.15, 0.2) is 6.20 Å². The van der Waals surface area contributed by atoms with Crippen molar-refractivity contribution in [2.75, 3.05) is 5.73 Å². The molecule has 0 spiro atoms. The van der Waals surface area contributed by atoms with Crippen LogP contribution in [0.3, 0.4) is 0 Å². The van der Waals surface area contributed by atoms with Gasteiger partial charge in [0.1, 0.15) is 17.3 Å². The second-order valence-electron chi connectivity index (χ2n) is 5.17. The number of nitrogens with zero attached hydrogens (tertiary/aromatic N) is 4. The monoisotopic (exact) mass is 245 g/mol. The Hall–Kier alpha value is -1.78. The van der Waals surface area contributed by atoms with Crippen LogP contribution in [-0.4, -0.2) is 19.3 Å². The molecule has 0 saturated carbocycles. The number of nitrogens with two attached hydrogens (primary N) is 1. The Bertz CT molecular complexity index is 593. The molecule has 96 valence electrons. The molecule has 0 aliphatic carbocycles. The minimum absolute atomic E-state index is 0.492. The predicted octanol–water partition coefficient (Wildman–Crippen LogP) is 2.07. The molecular weight excluding hydrogens is 226 g/mol. The minimum Gasteiger partial charge on any atom is -0.383 e. The van der Waals surface area contributed by atoms with E-state index in [0.717, 1.165) is 35.1 Å². The van der Waals surface area contributed by atoms with E-state index >= 15 is 0 Å². The van der Waals surface area contributed by atoms with E-state index in [9.17, 15) is 0 Å². The van der Waals surface area contributed by atoms with Crippen molar-refractivity contribution in [2.45, 2.75) is 39.2 Å². The summed E-state index contributed by atoms with van der Waals surface area (Å²) in [4.78, 5) is 4.76. The van der Waals surface area contributed by atoms with Gasteiger partial charge >= 0.3 is 0 Å². The van der Waals surface area contributed by atoms with Gasteiger partial charge in [0.05, 0.1) is 6.20 Å². The molecule has 0 amide bonds. The van der Waals surface area contributed by atoms with Crippen LogP contribution in [0.2, 0.25) is 0 Å². The lowest BCUT2D eigenvalue weighted by molar-refractivity contribution is 0.467. The maximum atomic E-state index is 6.26. The first-order valence-corrected chi connectivity index (χ1v) is 6.44. The van der Waals surface area contributed by atoms with Gasteiger partial charge in [-0.05, 0) is 19.8 Å². The average Bonchev–Trinajstić information content (AvgIpc) is 2.84. The lowest BCUT2D eigenvalue weighted by Crippen LogP contribution is -2.15. The van der Waals surface area contributed by atoms with Gasteiger partial charge in [-0.15, -0.1) is 0 Å². The van der Waals surface area contributed by atoms with Crippen LogP contribution in [0.4, 0.5) is 5.82 Å². The summed E-state index contributed by atoms with van der Waals surface area (Å²) in [6, 6.07) is 0. The smallest absolute Gasteiger partial charge is 0.131 e. The molecule has 0 aromatic carbocycles. The van der Waals surface area contributed by atoms with Gasteiger partial charge in [-0.2, -0.15) is 5.10 Å². The van der Waals surface area contributed by atoms with Crippen LogP contribution < -0.4 is 5.73 Å². The highest BCUT2D eigenvalue weighted by molar-refractivity contribution is 5.72. The Morgan fingerprint density at radius 3 is 2.83 bits per heavy atom. The summed E-state index contributed by atoms with van der Waals surface area (Å²) >= 11 is 0. The fraction of sp³-hybridized carbons (Fsp3) is 0.538. The molecule has 0 fully saturated rings. The maximum absolute atomic E-state index is 6.26. The largest absolute Gasteiger partial charge is 0.383 e. The summed E-state index contributed by atoms with van der Waals surface area (Å²) in [6.45, 7) is 5.25. The summed E-state index contributed by atoms with van der Waals surface area (Å²) < 4.78 is 4.02. The first-order valence-electron chi connectivity index (χ1n) is 6.44. The quantitative estimate of drug-likeness (QED) is 0.836. The topological polar surface area (TPSA) is 61.7 Å². The normalized spacial score (nSPS) is 18.9. The molecule has 2 aromatic rings. The number of anilines is 1. The first-order chi connectivity index (χ1) is 8.59. The molecule has 3 heterocycles. The van der Waals surface area contributed by atoms with E-state index in [1.165, 1.54) is 12.8 Å². The highest BCUT2D eigenvalue weighted by Gasteiger charge is 2.24. The Morgan fingerprint density at radius 1 is 1.44 bits per heavy atom. The lowest BCUT2D eigenvalue weighted by atomic mass is 10.0. The number of aromatic nitrogens is 4. The van der Waals surface area contributed by atoms with Gasteiger partial charge < -0.3 is 10.3 Å². The summed E-state index contributed by atoms with van der Waals surface area (Å²) in [5.41, 5.74) is 9.30. The second kappa shape index (κ2) is 3.86. The third-order valence-corrected chi connectivity index (χ3v) is 3.99. The van der Waals surface area contributed by atoms with Crippen LogP contribution in [0.5, 0.6) is 0 Å². The number of imidazole rings is 1. The summed E-state index contributed by atoms with van der Waals surface area (Å²) in [6.07, 6.45) is 4.23. The number of hydrogen-bond donors (Lipinski definition) is 1. The average molecular weight is 245 g/mol. The molecule has 0 radical (unpaired) electrons. The third-order valence-electron chi connectivity index (χ3n) is 3.99. The zero-order chi connectivity index (χ0) is 12.9. The van der Waals surface area contributed by atoms with E-state index < -0.39 is 0 Å². The SMILES string of the molecule is Cc1c(-c2nc3n(c2N)CCCC3C)cnn1C. The predicted molar refractivity (Wildman–Crippen MR) is 71.2 cm³/mol. The first kappa shape index (κ1) is 11.3. The zero-order valence-electron chi connectivity index (χ0n) is 11.1. The second-order valence-corrected chi connectivity index (χ2v) is 5.17. The Kier molecular flexibility index (Phi) is 2.43. The Balaban J connectivity index is 2.17. The number of aryl methyl sites for hydroxylation is 1. The van der Waals surface area contributed by atoms with Crippen molar-refractivity contribution in [1.82, 2.24) is 19.3 Å². The van der Waals surface area contributed by atoms with E-state index in [2.05, 4.69) is 16.6 Å². The molecule has 2 aromatic heterocycles. The molecule has 1 aliphatic rings. The van der Waals surface area contributed by atoms with Crippen molar-refractivity contribution in [2.24, 2.45) is 7.05 Å². The van der Waals surface area contributed by atoms with Crippen LogP contribution in [0, 0.1) is 6.92 Å². The molecule has 1 atom stereocenters. The van der Waals surface area contributed by atoms with Crippen molar-refractivity contribution in [3.05, 3.63) is 17.7 Å². The fourth-order valence-corrected chi connectivity index (χ4v) is 2.71. The molecule has 1 unspecified atom stereocenters. The molecular formula is C13H19N5. The van der Waals surface area contributed by atoms with Gasteiger partial charge in [-0.25, -0.2) is 4.98 Å². The summed E-state index contributed by atoms with van der Waals surface area (Å²) in [5, 5.41) is 4.27. The van der Waals surface area contributed by atoms with E-state index in [1.54, 1.807) is 0 Å². The Morgan fingerprint density at radius 2 is 2.22 bits per heavy atom. The fourth-order valence-electron chi connectivity index (χ4n) is 2.71. The van der Waals surface area contributed by atoms with E-state index in [-0.39, 0.29) is 0 Å². The molecule has 1 aliphatic heterocycles. The van der Waals surface area contributed by atoms with Gasteiger partial charge in [0, 0.05) is 30.8 Å². The molecule has 0 bridgehead atoms. The highest BCUT2D eigenvalue weighted by atomic mass is 15.3. The number of hydrogen-bond acceptors (Lipinski definition) is 3. The van der Waals surface area contributed by atoms with Crippen LogP contribution in [0.25, 0.3) is 11.3 Å². The van der Waals surface area contributed by atoms with Gasteiger partial charge in [0.2, 0.25) is 0 Å². The van der Waals surface area contributed by atoms with Gasteiger partial charge in [-0.1, -0.05) is 6.92 Å². The summed E-state index contributed by atoms with van der Waals surface area (Å²) in [7, 11) is 1.94. The molecule has 5 nitrogen and oxygen atoms in total. The van der Waals surface area contributed by atoms with E-state index in [4.69, 9.17) is 10.7 Å². The van der Waals surface area contributed by atoms with Gasteiger partial charge in [-0.3, -0.25) is 4.68 Å². The standard InChI is InChI=1S/C13H19N5/c1-8-5-4-6-18-12(14)11(16-13(8)18)10-7-15-17(3)9(10)2/h7-8H,4-6,14H2,1-3H3. The lowest BCUT2D eigenvalue weighted by Gasteiger charge is -2.20. The van der Waals surface area contributed by atoms with Crippen molar-refractivity contribution < 1.29 is 0 Å². The third kappa shape index (κ3) is 1.46. The molecule has 18 heavy (non-hydrogen) atoms. The van der Waals surface area contributed by atoms with Gasteiger partial charge in [0.25, 0.3) is 0 Å². The van der Waals surface area contributed by atoms with Crippen LogP contribution >= 0.6 is 0 Å². The molecule has 3 rings (SSSR count). The minimum atomic E-state index is 0.492. The molecule has 0 saturated heterocycles. The van der Waals surface area contributed by atoms with Crippen molar-refractivity contribution in [3.63, 3.8) is 0 Å². The molecule has 2 N–H and O–H groups in total. The summed E-state index contributed by atoms with van der Waals surface area (Å²) in [5.74, 6) is 2.40. The number of rotatable bonds is 1. The van der Waals surface area contributed by atoms with E-state index in [0.29, 0.717) is 5.92 Å². The number of fused-ring (bicyclic) bond motifs is 1.